The molecule has 0 radical (unpaired) electrons. The molecule has 9 heteroatoms. The smallest absolute Gasteiger partial charge is 0.265 e. The van der Waals surface area contributed by atoms with Crippen LogP contribution in [0.2, 0.25) is 0 Å². The van der Waals surface area contributed by atoms with Crippen molar-refractivity contribution in [3.8, 4) is 0 Å². The highest BCUT2D eigenvalue weighted by molar-refractivity contribution is 7.88. The first-order chi connectivity index (χ1) is 11.2. The van der Waals surface area contributed by atoms with E-state index < -0.39 is 10.0 Å². The van der Waals surface area contributed by atoms with Crippen molar-refractivity contribution in [2.75, 3.05) is 37.1 Å². The summed E-state index contributed by atoms with van der Waals surface area (Å²) in [6, 6.07) is 7.19. The zero-order valence-corrected chi connectivity index (χ0v) is 15.4. The molecule has 1 amide bonds. The average Bonchev–Trinajstić information content (AvgIpc) is 2.95. The molecule has 2 N–H and O–H groups in total. The van der Waals surface area contributed by atoms with Gasteiger partial charge in [0.2, 0.25) is 10.0 Å². The fraction of sp³-hybridized carbons (Fsp3) is 0.333. The van der Waals surface area contributed by atoms with E-state index in [0.717, 1.165) is 17.0 Å². The molecule has 0 atom stereocenters. The number of anilines is 2. The topological polar surface area (TPSA) is 91.4 Å². The van der Waals surface area contributed by atoms with Gasteiger partial charge in [0, 0.05) is 25.5 Å². The van der Waals surface area contributed by atoms with Crippen molar-refractivity contribution in [1.82, 2.24) is 9.71 Å². The fourth-order valence-electron chi connectivity index (χ4n) is 1.91. The first-order valence-electron chi connectivity index (χ1n) is 7.23. The summed E-state index contributed by atoms with van der Waals surface area (Å²) in [6.45, 7) is 0.316. The number of thiophene rings is 1. The number of rotatable bonds is 7. The Morgan fingerprint density at radius 2 is 2.00 bits per heavy atom. The third kappa shape index (κ3) is 5.59. The van der Waals surface area contributed by atoms with E-state index in [0.29, 0.717) is 23.5 Å². The van der Waals surface area contributed by atoms with Gasteiger partial charge in [0.1, 0.15) is 5.82 Å². The lowest BCUT2D eigenvalue weighted by Crippen LogP contribution is -2.24. The van der Waals surface area contributed by atoms with E-state index in [-0.39, 0.29) is 5.91 Å². The minimum atomic E-state index is -3.19. The lowest BCUT2D eigenvalue weighted by molar-refractivity contribution is 0.103. The van der Waals surface area contributed by atoms with Crippen LogP contribution in [0.4, 0.5) is 11.5 Å². The zero-order chi connectivity index (χ0) is 17.7. The van der Waals surface area contributed by atoms with Gasteiger partial charge in [-0.3, -0.25) is 4.79 Å². The van der Waals surface area contributed by atoms with Crippen molar-refractivity contribution in [2.24, 2.45) is 0 Å². The molecule has 0 saturated heterocycles. The van der Waals surface area contributed by atoms with Crippen molar-refractivity contribution in [3.63, 3.8) is 0 Å². The van der Waals surface area contributed by atoms with Gasteiger partial charge in [0.25, 0.3) is 5.91 Å². The third-order valence-electron chi connectivity index (χ3n) is 3.09. The molecule has 2 aromatic rings. The lowest BCUT2D eigenvalue weighted by Gasteiger charge is -2.11. The Hall–Kier alpha value is -1.97. The molecule has 2 heterocycles. The lowest BCUT2D eigenvalue weighted by atomic mass is 10.3. The molecule has 0 spiro atoms. The molecule has 0 aliphatic heterocycles. The van der Waals surface area contributed by atoms with Gasteiger partial charge in [-0.25, -0.2) is 18.1 Å². The maximum atomic E-state index is 12.2. The van der Waals surface area contributed by atoms with Gasteiger partial charge in [-0.1, -0.05) is 0 Å². The van der Waals surface area contributed by atoms with Crippen LogP contribution in [-0.4, -0.2) is 46.2 Å². The highest BCUT2D eigenvalue weighted by atomic mass is 32.2. The van der Waals surface area contributed by atoms with Crippen LogP contribution in [0.1, 0.15) is 14.5 Å². The second kappa shape index (κ2) is 7.73. The molecule has 0 saturated carbocycles. The summed E-state index contributed by atoms with van der Waals surface area (Å²) in [5.74, 6) is 0.603. The van der Waals surface area contributed by atoms with Gasteiger partial charge < -0.3 is 10.2 Å². The standard InChI is InChI=1S/C15H20N4O3S2/c1-19(2)14-7-4-11(10-16-14)18-15(20)13-6-5-12(23-13)8-9-17-24(3,21)22/h4-7,10,17H,8-9H2,1-3H3,(H,18,20). The summed E-state index contributed by atoms with van der Waals surface area (Å²) < 4.78 is 24.5. The summed E-state index contributed by atoms with van der Waals surface area (Å²) in [7, 11) is 0.601. The van der Waals surface area contributed by atoms with Crippen LogP contribution in [0, 0.1) is 0 Å². The number of hydrogen-bond donors (Lipinski definition) is 2. The van der Waals surface area contributed by atoms with Crippen LogP contribution in [0.25, 0.3) is 0 Å². The second-order valence-electron chi connectivity index (χ2n) is 5.44. The molecule has 0 fully saturated rings. The van der Waals surface area contributed by atoms with E-state index in [1.807, 2.05) is 31.1 Å². The number of amides is 1. The Kier molecular flexibility index (Phi) is 5.92. The van der Waals surface area contributed by atoms with Gasteiger partial charge in [0.05, 0.1) is 23.0 Å². The number of nitrogens with one attached hydrogen (secondary N) is 2. The van der Waals surface area contributed by atoms with Gasteiger partial charge in [-0.15, -0.1) is 11.3 Å². The molecule has 0 aliphatic rings. The molecular formula is C15H20N4O3S2. The molecule has 2 rings (SSSR count). The van der Waals surface area contributed by atoms with Gasteiger partial charge in [-0.2, -0.15) is 0 Å². The third-order valence-corrected chi connectivity index (χ3v) is 4.96. The van der Waals surface area contributed by atoms with Crippen LogP contribution in [0.15, 0.2) is 30.5 Å². The summed E-state index contributed by atoms with van der Waals surface area (Å²) in [5.41, 5.74) is 0.624. The van der Waals surface area contributed by atoms with Crippen LogP contribution in [0.3, 0.4) is 0 Å². The molecule has 0 bridgehead atoms. The maximum Gasteiger partial charge on any atom is 0.265 e. The first-order valence-corrected chi connectivity index (χ1v) is 9.93. The number of carbonyl (C=O) groups is 1. The number of aromatic nitrogens is 1. The number of carbonyl (C=O) groups excluding carboxylic acids is 1. The Balaban J connectivity index is 1.93. The Morgan fingerprint density at radius 1 is 1.25 bits per heavy atom. The molecular weight excluding hydrogens is 348 g/mol. The number of pyridine rings is 1. The largest absolute Gasteiger partial charge is 0.363 e. The van der Waals surface area contributed by atoms with E-state index in [1.54, 1.807) is 18.3 Å². The molecule has 0 unspecified atom stereocenters. The minimum absolute atomic E-state index is 0.207. The summed E-state index contributed by atoms with van der Waals surface area (Å²) in [5, 5.41) is 2.80. The fourth-order valence-corrected chi connectivity index (χ4v) is 3.29. The summed E-state index contributed by atoms with van der Waals surface area (Å²) in [4.78, 5) is 19.9. The summed E-state index contributed by atoms with van der Waals surface area (Å²) >= 11 is 1.34. The first kappa shape index (κ1) is 18.4. The molecule has 2 aromatic heterocycles. The van der Waals surface area contributed by atoms with E-state index in [9.17, 15) is 13.2 Å². The van der Waals surface area contributed by atoms with Crippen LogP contribution in [-0.2, 0) is 16.4 Å². The highest BCUT2D eigenvalue weighted by Gasteiger charge is 2.10. The molecule has 130 valence electrons. The zero-order valence-electron chi connectivity index (χ0n) is 13.7. The van der Waals surface area contributed by atoms with Crippen molar-refractivity contribution in [2.45, 2.75) is 6.42 Å². The van der Waals surface area contributed by atoms with Crippen LogP contribution in [0.5, 0.6) is 0 Å². The van der Waals surface area contributed by atoms with Crippen molar-refractivity contribution < 1.29 is 13.2 Å². The highest BCUT2D eigenvalue weighted by Crippen LogP contribution is 2.19. The van der Waals surface area contributed by atoms with Crippen LogP contribution >= 0.6 is 11.3 Å². The van der Waals surface area contributed by atoms with E-state index >= 15 is 0 Å². The second-order valence-corrected chi connectivity index (χ2v) is 8.44. The Bertz CT molecular complexity index is 798. The van der Waals surface area contributed by atoms with E-state index in [1.165, 1.54) is 11.3 Å². The van der Waals surface area contributed by atoms with Crippen molar-refractivity contribution in [1.29, 1.82) is 0 Å². The molecule has 0 aliphatic carbocycles. The quantitative estimate of drug-likeness (QED) is 0.774. The molecule has 24 heavy (non-hydrogen) atoms. The monoisotopic (exact) mass is 368 g/mol. The molecule has 7 nitrogen and oxygen atoms in total. The predicted molar refractivity (Wildman–Crippen MR) is 97.4 cm³/mol. The Morgan fingerprint density at radius 3 is 2.58 bits per heavy atom. The molecule has 0 aromatic carbocycles. The summed E-state index contributed by atoms with van der Waals surface area (Å²) in [6.07, 6.45) is 3.28. The minimum Gasteiger partial charge on any atom is -0.363 e. The van der Waals surface area contributed by atoms with Crippen molar-refractivity contribution >= 4 is 38.8 Å². The predicted octanol–water partition coefficient (Wildman–Crippen LogP) is 1.55. The van der Waals surface area contributed by atoms with Crippen LogP contribution < -0.4 is 14.9 Å². The van der Waals surface area contributed by atoms with Crippen molar-refractivity contribution in [3.05, 3.63) is 40.2 Å². The van der Waals surface area contributed by atoms with E-state index in [4.69, 9.17) is 0 Å². The van der Waals surface area contributed by atoms with Gasteiger partial charge in [-0.05, 0) is 30.7 Å². The van der Waals surface area contributed by atoms with Gasteiger partial charge >= 0.3 is 0 Å². The number of hydrogen-bond acceptors (Lipinski definition) is 6. The number of sulfonamides is 1. The Labute approximate surface area is 145 Å². The number of nitrogens with zero attached hydrogens (tertiary/aromatic N) is 2. The van der Waals surface area contributed by atoms with Gasteiger partial charge in [0.15, 0.2) is 0 Å². The van der Waals surface area contributed by atoms with E-state index in [2.05, 4.69) is 15.0 Å². The maximum absolute atomic E-state index is 12.2. The average molecular weight is 368 g/mol. The normalized spacial score (nSPS) is 11.3. The SMILES string of the molecule is CN(C)c1ccc(NC(=O)c2ccc(CCNS(C)(=O)=O)s2)cn1.